The minimum atomic E-state index is -0.0537. The second kappa shape index (κ2) is 5.92. The zero-order valence-corrected chi connectivity index (χ0v) is 12.6. The minimum Gasteiger partial charge on any atom is -0.399 e. The third kappa shape index (κ3) is 3.27. The molecule has 0 radical (unpaired) electrons. The summed E-state index contributed by atoms with van der Waals surface area (Å²) < 4.78 is 0. The Morgan fingerprint density at radius 3 is 2.80 bits per heavy atom. The first kappa shape index (κ1) is 14.3. The van der Waals surface area contributed by atoms with Gasteiger partial charge >= 0.3 is 0 Å². The molecule has 0 unspecified atom stereocenters. The standard InChI is InChI=1S/C14H18N4OS/c1-9-17-11(8-20-9)7-16-13-6-10(15)4-5-12(13)14(19)18(2)3/h4-6,8,16H,7,15H2,1-3H3. The summed E-state index contributed by atoms with van der Waals surface area (Å²) in [5.74, 6) is -0.0537. The Balaban J connectivity index is 2.21. The first-order chi connectivity index (χ1) is 9.47. The van der Waals surface area contributed by atoms with Gasteiger partial charge < -0.3 is 16.0 Å². The number of aryl methyl sites for hydroxylation is 1. The molecule has 0 fully saturated rings. The zero-order valence-electron chi connectivity index (χ0n) is 11.8. The monoisotopic (exact) mass is 290 g/mol. The van der Waals surface area contributed by atoms with Crippen LogP contribution in [0.3, 0.4) is 0 Å². The summed E-state index contributed by atoms with van der Waals surface area (Å²) >= 11 is 1.61. The maximum atomic E-state index is 12.1. The van der Waals surface area contributed by atoms with Crippen LogP contribution in [-0.4, -0.2) is 29.9 Å². The molecule has 1 amide bonds. The van der Waals surface area contributed by atoms with Crippen molar-refractivity contribution in [3.63, 3.8) is 0 Å². The molecule has 5 nitrogen and oxygen atoms in total. The highest BCUT2D eigenvalue weighted by Crippen LogP contribution is 2.21. The molecule has 3 N–H and O–H groups in total. The highest BCUT2D eigenvalue weighted by atomic mass is 32.1. The number of rotatable bonds is 4. The van der Waals surface area contributed by atoms with Crippen LogP contribution in [0, 0.1) is 6.92 Å². The Labute approximate surface area is 122 Å². The van der Waals surface area contributed by atoms with E-state index in [-0.39, 0.29) is 5.91 Å². The van der Waals surface area contributed by atoms with Gasteiger partial charge in [-0.15, -0.1) is 11.3 Å². The van der Waals surface area contributed by atoms with E-state index in [2.05, 4.69) is 10.3 Å². The summed E-state index contributed by atoms with van der Waals surface area (Å²) in [7, 11) is 3.46. The van der Waals surface area contributed by atoms with Crippen molar-refractivity contribution in [2.24, 2.45) is 0 Å². The molecule has 0 aliphatic heterocycles. The highest BCUT2D eigenvalue weighted by molar-refractivity contribution is 7.09. The zero-order chi connectivity index (χ0) is 14.7. The molecule has 0 atom stereocenters. The normalized spacial score (nSPS) is 10.3. The third-order valence-electron chi connectivity index (χ3n) is 2.81. The van der Waals surface area contributed by atoms with Crippen molar-refractivity contribution in [1.29, 1.82) is 0 Å². The number of thiazole rings is 1. The van der Waals surface area contributed by atoms with E-state index in [9.17, 15) is 4.79 Å². The number of benzene rings is 1. The molecule has 2 aromatic rings. The molecule has 0 aliphatic carbocycles. The van der Waals surface area contributed by atoms with E-state index in [0.29, 0.717) is 17.8 Å². The van der Waals surface area contributed by atoms with Crippen LogP contribution in [0.1, 0.15) is 21.1 Å². The predicted octanol–water partition coefficient (Wildman–Crippen LogP) is 2.35. The van der Waals surface area contributed by atoms with Gasteiger partial charge in [-0.3, -0.25) is 4.79 Å². The van der Waals surface area contributed by atoms with Crippen molar-refractivity contribution in [3.8, 4) is 0 Å². The first-order valence-corrected chi connectivity index (χ1v) is 7.11. The van der Waals surface area contributed by atoms with E-state index in [1.165, 1.54) is 0 Å². The minimum absolute atomic E-state index is 0.0537. The number of amides is 1. The van der Waals surface area contributed by atoms with Crippen molar-refractivity contribution in [2.75, 3.05) is 25.1 Å². The van der Waals surface area contributed by atoms with Gasteiger partial charge in [0.25, 0.3) is 5.91 Å². The first-order valence-electron chi connectivity index (χ1n) is 6.23. The molecule has 0 bridgehead atoms. The SMILES string of the molecule is Cc1nc(CNc2cc(N)ccc2C(=O)N(C)C)cs1. The van der Waals surface area contributed by atoms with Gasteiger partial charge in [0, 0.05) is 30.9 Å². The lowest BCUT2D eigenvalue weighted by Crippen LogP contribution is -2.23. The fourth-order valence-electron chi connectivity index (χ4n) is 1.81. The summed E-state index contributed by atoms with van der Waals surface area (Å²) in [6.45, 7) is 2.54. The second-order valence-corrected chi connectivity index (χ2v) is 5.78. The number of carbonyl (C=O) groups is 1. The van der Waals surface area contributed by atoms with Gasteiger partial charge in [0.1, 0.15) is 0 Å². The number of nitrogens with zero attached hydrogens (tertiary/aromatic N) is 2. The molecule has 6 heteroatoms. The molecule has 0 saturated carbocycles. The van der Waals surface area contributed by atoms with E-state index in [0.717, 1.165) is 16.4 Å². The van der Waals surface area contributed by atoms with E-state index in [1.807, 2.05) is 12.3 Å². The summed E-state index contributed by atoms with van der Waals surface area (Å²) in [5.41, 5.74) is 8.72. The van der Waals surface area contributed by atoms with Crippen LogP contribution in [0.5, 0.6) is 0 Å². The summed E-state index contributed by atoms with van der Waals surface area (Å²) in [6.07, 6.45) is 0. The molecule has 1 aromatic heterocycles. The number of hydrogen-bond acceptors (Lipinski definition) is 5. The molecule has 106 valence electrons. The van der Waals surface area contributed by atoms with Gasteiger partial charge in [0.05, 0.1) is 22.8 Å². The summed E-state index contributed by atoms with van der Waals surface area (Å²) in [6, 6.07) is 5.25. The number of nitrogens with one attached hydrogen (secondary N) is 1. The lowest BCUT2D eigenvalue weighted by atomic mass is 10.1. The van der Waals surface area contributed by atoms with Crippen molar-refractivity contribution >= 4 is 28.6 Å². The van der Waals surface area contributed by atoms with E-state index in [4.69, 9.17) is 5.73 Å². The average Bonchev–Trinajstić information content (AvgIpc) is 2.81. The molecule has 2 rings (SSSR count). The van der Waals surface area contributed by atoms with Crippen LogP contribution in [0.2, 0.25) is 0 Å². The van der Waals surface area contributed by atoms with Crippen LogP contribution < -0.4 is 11.1 Å². The maximum absolute atomic E-state index is 12.1. The van der Waals surface area contributed by atoms with E-state index < -0.39 is 0 Å². The fraction of sp³-hybridized carbons (Fsp3) is 0.286. The molecule has 0 aliphatic rings. The molecule has 0 saturated heterocycles. The second-order valence-electron chi connectivity index (χ2n) is 4.72. The highest BCUT2D eigenvalue weighted by Gasteiger charge is 2.13. The Morgan fingerprint density at radius 1 is 1.45 bits per heavy atom. The number of nitrogen functional groups attached to an aromatic ring is 1. The Morgan fingerprint density at radius 2 is 2.20 bits per heavy atom. The van der Waals surface area contributed by atoms with Crippen molar-refractivity contribution in [2.45, 2.75) is 13.5 Å². The van der Waals surface area contributed by atoms with Crippen molar-refractivity contribution in [1.82, 2.24) is 9.88 Å². The van der Waals surface area contributed by atoms with E-state index >= 15 is 0 Å². The van der Waals surface area contributed by atoms with Crippen molar-refractivity contribution in [3.05, 3.63) is 39.8 Å². The average molecular weight is 290 g/mol. The van der Waals surface area contributed by atoms with Gasteiger partial charge in [-0.1, -0.05) is 0 Å². The largest absolute Gasteiger partial charge is 0.399 e. The number of carbonyl (C=O) groups excluding carboxylic acids is 1. The molecule has 1 aromatic carbocycles. The maximum Gasteiger partial charge on any atom is 0.255 e. The fourth-order valence-corrected chi connectivity index (χ4v) is 2.42. The van der Waals surface area contributed by atoms with Gasteiger partial charge in [-0.2, -0.15) is 0 Å². The lowest BCUT2D eigenvalue weighted by Gasteiger charge is -2.15. The van der Waals surface area contributed by atoms with Crippen molar-refractivity contribution < 1.29 is 4.79 Å². The predicted molar refractivity (Wildman–Crippen MR) is 83.0 cm³/mol. The Bertz CT molecular complexity index is 621. The summed E-state index contributed by atoms with van der Waals surface area (Å²) in [5, 5.41) is 6.27. The van der Waals surface area contributed by atoms with E-state index in [1.54, 1.807) is 48.5 Å². The molecule has 0 spiro atoms. The number of nitrogens with two attached hydrogens (primary N) is 1. The number of anilines is 2. The number of aromatic nitrogens is 1. The third-order valence-corrected chi connectivity index (χ3v) is 3.63. The Kier molecular flexibility index (Phi) is 4.24. The molecular weight excluding hydrogens is 272 g/mol. The Hall–Kier alpha value is -2.08. The van der Waals surface area contributed by atoms with Crippen LogP contribution in [0.25, 0.3) is 0 Å². The smallest absolute Gasteiger partial charge is 0.255 e. The van der Waals surface area contributed by atoms with Crippen LogP contribution in [-0.2, 0) is 6.54 Å². The lowest BCUT2D eigenvalue weighted by molar-refractivity contribution is 0.0828. The van der Waals surface area contributed by atoms with Gasteiger partial charge in [-0.25, -0.2) is 4.98 Å². The number of hydrogen-bond donors (Lipinski definition) is 2. The topological polar surface area (TPSA) is 71.2 Å². The van der Waals surface area contributed by atoms with Gasteiger partial charge in [-0.05, 0) is 25.1 Å². The van der Waals surface area contributed by atoms with Crippen LogP contribution in [0.4, 0.5) is 11.4 Å². The molecule has 20 heavy (non-hydrogen) atoms. The summed E-state index contributed by atoms with van der Waals surface area (Å²) in [4.78, 5) is 18.1. The van der Waals surface area contributed by atoms with Crippen LogP contribution in [0.15, 0.2) is 23.6 Å². The molecular formula is C14H18N4OS. The quantitative estimate of drug-likeness (QED) is 0.848. The van der Waals surface area contributed by atoms with Gasteiger partial charge in [0.15, 0.2) is 0 Å². The van der Waals surface area contributed by atoms with Gasteiger partial charge in [0.2, 0.25) is 0 Å². The van der Waals surface area contributed by atoms with Crippen LogP contribution >= 0.6 is 11.3 Å². The molecule has 1 heterocycles.